The number of alkyl halides is 2. The molecule has 0 saturated heterocycles. The molecule has 0 radical (unpaired) electrons. The summed E-state index contributed by atoms with van der Waals surface area (Å²) in [6.07, 6.45) is 4.04. The molecule has 5 rings (SSSR count). The summed E-state index contributed by atoms with van der Waals surface area (Å²) in [5.74, 6) is -2.99. The number of ether oxygens (including phenoxy) is 1. The summed E-state index contributed by atoms with van der Waals surface area (Å²) in [7, 11) is 0. The Labute approximate surface area is 253 Å². The summed E-state index contributed by atoms with van der Waals surface area (Å²) in [5.41, 5.74) is 2.53. The molecule has 0 fully saturated rings. The average Bonchev–Trinajstić information content (AvgIpc) is 3.01. The molecule has 1 aromatic heterocycles. The zero-order valence-corrected chi connectivity index (χ0v) is 24.4. The summed E-state index contributed by atoms with van der Waals surface area (Å²) in [6, 6.07) is 18.0. The lowest BCUT2D eigenvalue weighted by atomic mass is 9.98. The predicted octanol–water partition coefficient (Wildman–Crippen LogP) is 10.3. The molecule has 0 N–H and O–H groups in total. The first-order valence-electron chi connectivity index (χ1n) is 14.6. The van der Waals surface area contributed by atoms with E-state index in [-0.39, 0.29) is 22.5 Å². The maximum absolute atomic E-state index is 15.1. The molecule has 0 bridgehead atoms. The maximum Gasteiger partial charge on any atom is 0.429 e. The van der Waals surface area contributed by atoms with Gasteiger partial charge in [-0.25, -0.2) is 23.1 Å². The Hall–Kier alpha value is -4.59. The van der Waals surface area contributed by atoms with E-state index in [1.54, 1.807) is 24.5 Å². The molecule has 0 aliphatic rings. The van der Waals surface area contributed by atoms with E-state index >= 15 is 13.2 Å². The summed E-state index contributed by atoms with van der Waals surface area (Å²) >= 11 is 0. The molecule has 3 nitrogen and oxygen atoms in total. The Morgan fingerprint density at radius 3 is 1.89 bits per heavy atom. The fraction of sp³-hybridized carbons (Fsp3) is 0.222. The lowest BCUT2D eigenvalue weighted by molar-refractivity contribution is -0.187. The number of aromatic nitrogens is 2. The topological polar surface area (TPSA) is 35.0 Å². The molecule has 8 heteroatoms. The lowest BCUT2D eigenvalue weighted by Crippen LogP contribution is -2.23. The minimum Gasteiger partial charge on any atom is -0.429 e. The van der Waals surface area contributed by atoms with Gasteiger partial charge in [0.1, 0.15) is 23.2 Å². The van der Waals surface area contributed by atoms with Crippen molar-refractivity contribution >= 4 is 0 Å². The minimum atomic E-state index is -4.11. The van der Waals surface area contributed by atoms with Gasteiger partial charge in [-0.1, -0.05) is 69.2 Å². The van der Waals surface area contributed by atoms with Crippen LogP contribution in [0.3, 0.4) is 0 Å². The number of hydrogen-bond acceptors (Lipinski definition) is 3. The highest BCUT2D eigenvalue weighted by Crippen LogP contribution is 2.37. The number of hydrogen-bond donors (Lipinski definition) is 0. The summed E-state index contributed by atoms with van der Waals surface area (Å²) < 4.78 is 79.7. The third-order valence-electron chi connectivity index (χ3n) is 7.46. The van der Waals surface area contributed by atoms with Crippen LogP contribution in [-0.2, 0) is 19.0 Å². The number of halogens is 5. The van der Waals surface area contributed by atoms with Crippen LogP contribution >= 0.6 is 0 Å². The molecular weight excluding hydrogens is 571 g/mol. The van der Waals surface area contributed by atoms with Crippen LogP contribution < -0.4 is 4.74 Å². The highest BCUT2D eigenvalue weighted by molar-refractivity contribution is 5.72. The van der Waals surface area contributed by atoms with Gasteiger partial charge in [-0.15, -0.1) is 0 Å². The average molecular weight is 603 g/mol. The maximum atomic E-state index is 15.1. The fourth-order valence-corrected chi connectivity index (χ4v) is 4.94. The van der Waals surface area contributed by atoms with Crippen molar-refractivity contribution in [3.63, 3.8) is 0 Å². The van der Waals surface area contributed by atoms with E-state index in [0.717, 1.165) is 67.5 Å². The first-order chi connectivity index (χ1) is 21.2. The normalized spacial score (nSPS) is 11.5. The van der Waals surface area contributed by atoms with Gasteiger partial charge in [-0.2, -0.15) is 8.78 Å². The van der Waals surface area contributed by atoms with Gasteiger partial charge < -0.3 is 4.74 Å². The molecule has 0 atom stereocenters. The van der Waals surface area contributed by atoms with E-state index in [9.17, 15) is 8.78 Å². The number of aryl methyl sites for hydroxylation is 2. The van der Waals surface area contributed by atoms with Crippen molar-refractivity contribution in [1.82, 2.24) is 9.97 Å². The summed E-state index contributed by atoms with van der Waals surface area (Å²) in [6.45, 7) is 4.13. The van der Waals surface area contributed by atoms with Gasteiger partial charge in [0, 0.05) is 35.2 Å². The second-order valence-corrected chi connectivity index (χ2v) is 10.6. The van der Waals surface area contributed by atoms with Crippen LogP contribution in [0.1, 0.15) is 49.8 Å². The van der Waals surface area contributed by atoms with Gasteiger partial charge >= 0.3 is 6.11 Å². The largest absolute Gasteiger partial charge is 0.429 e. The van der Waals surface area contributed by atoms with Crippen molar-refractivity contribution in [3.05, 3.63) is 125 Å². The fourth-order valence-electron chi connectivity index (χ4n) is 4.94. The van der Waals surface area contributed by atoms with Crippen molar-refractivity contribution in [1.29, 1.82) is 0 Å². The highest BCUT2D eigenvalue weighted by Gasteiger charge is 2.38. The molecule has 0 unspecified atom stereocenters. The van der Waals surface area contributed by atoms with Gasteiger partial charge in [0.25, 0.3) is 0 Å². The van der Waals surface area contributed by atoms with Gasteiger partial charge in [-0.05, 0) is 71.8 Å². The Morgan fingerprint density at radius 1 is 0.636 bits per heavy atom. The third kappa shape index (κ3) is 6.96. The van der Waals surface area contributed by atoms with Crippen molar-refractivity contribution in [2.75, 3.05) is 0 Å². The first-order valence-corrected chi connectivity index (χ1v) is 14.6. The standard InChI is InChI=1S/C36H31F5N2O/c1-3-5-6-7-24-21-42-35(43-22-24)27-13-17-31(34(39)19-27)36(40,41)44-28-14-16-30(33(38)20-28)26-12-15-29(32(37)18-26)25-10-8-23(4-2)9-11-25/h8-22H,3-7H2,1-2H3. The summed E-state index contributed by atoms with van der Waals surface area (Å²) in [4.78, 5) is 8.48. The lowest BCUT2D eigenvalue weighted by Gasteiger charge is -2.19. The van der Waals surface area contributed by atoms with Crippen molar-refractivity contribution in [3.8, 4) is 39.4 Å². The van der Waals surface area contributed by atoms with Crippen molar-refractivity contribution in [2.24, 2.45) is 0 Å². The van der Waals surface area contributed by atoms with Crippen molar-refractivity contribution < 1.29 is 26.7 Å². The Bertz CT molecular complexity index is 1740. The zero-order chi connectivity index (χ0) is 31.3. The second kappa shape index (κ2) is 13.4. The highest BCUT2D eigenvalue weighted by atomic mass is 19.3. The monoisotopic (exact) mass is 602 g/mol. The molecule has 0 amide bonds. The van der Waals surface area contributed by atoms with E-state index in [2.05, 4.69) is 16.9 Å². The predicted molar refractivity (Wildman–Crippen MR) is 162 cm³/mol. The molecule has 0 aliphatic heterocycles. The van der Waals surface area contributed by atoms with Crippen LogP contribution in [0, 0.1) is 17.5 Å². The Morgan fingerprint density at radius 2 is 1.25 bits per heavy atom. The summed E-state index contributed by atoms with van der Waals surface area (Å²) in [5, 5.41) is 0. The Kier molecular flexibility index (Phi) is 9.37. The van der Waals surface area contributed by atoms with Crippen LogP contribution in [-0.4, -0.2) is 9.97 Å². The van der Waals surface area contributed by atoms with Crippen LogP contribution in [0.4, 0.5) is 22.0 Å². The van der Waals surface area contributed by atoms with Gasteiger partial charge in [0.15, 0.2) is 5.82 Å². The van der Waals surface area contributed by atoms with Crippen LogP contribution in [0.5, 0.6) is 5.75 Å². The molecular formula is C36H31F5N2O. The van der Waals surface area contributed by atoms with E-state index in [1.807, 2.05) is 31.2 Å². The number of unbranched alkanes of at least 4 members (excludes halogenated alkanes) is 2. The van der Waals surface area contributed by atoms with Gasteiger partial charge in [0.05, 0.1) is 5.56 Å². The molecule has 226 valence electrons. The van der Waals surface area contributed by atoms with Gasteiger partial charge in [0.2, 0.25) is 0 Å². The molecule has 0 spiro atoms. The number of nitrogens with zero attached hydrogens (tertiary/aromatic N) is 2. The number of benzene rings is 4. The van der Waals surface area contributed by atoms with Crippen LogP contribution in [0.2, 0.25) is 0 Å². The quantitative estimate of drug-likeness (QED) is 0.111. The molecule has 44 heavy (non-hydrogen) atoms. The van der Waals surface area contributed by atoms with E-state index < -0.39 is 34.9 Å². The van der Waals surface area contributed by atoms with E-state index in [0.29, 0.717) is 11.1 Å². The van der Waals surface area contributed by atoms with E-state index in [4.69, 9.17) is 4.74 Å². The molecule has 5 aromatic rings. The third-order valence-corrected chi connectivity index (χ3v) is 7.46. The second-order valence-electron chi connectivity index (χ2n) is 10.6. The zero-order valence-electron chi connectivity index (χ0n) is 24.4. The van der Waals surface area contributed by atoms with Crippen molar-refractivity contribution in [2.45, 2.75) is 52.1 Å². The smallest absolute Gasteiger partial charge is 0.429 e. The van der Waals surface area contributed by atoms with E-state index in [1.165, 1.54) is 18.2 Å². The molecule has 0 aliphatic carbocycles. The molecule has 1 heterocycles. The van der Waals surface area contributed by atoms with Crippen LogP contribution in [0.15, 0.2) is 91.3 Å². The minimum absolute atomic E-state index is 0.000590. The van der Waals surface area contributed by atoms with Crippen LogP contribution in [0.25, 0.3) is 33.6 Å². The van der Waals surface area contributed by atoms with Gasteiger partial charge in [-0.3, -0.25) is 0 Å². The number of rotatable bonds is 11. The molecule has 0 saturated carbocycles. The first kappa shape index (κ1) is 30.9. The Balaban J connectivity index is 1.30. The SMILES string of the molecule is CCCCCc1cnc(-c2ccc(C(F)(F)Oc3ccc(-c4ccc(-c5ccc(CC)cc5)c(F)c4)c(F)c3)c(F)c2)nc1. The molecule has 4 aromatic carbocycles.